The van der Waals surface area contributed by atoms with Crippen molar-refractivity contribution >= 4 is 5.78 Å². The molecule has 1 saturated heterocycles. The third-order valence-corrected chi connectivity index (χ3v) is 5.49. The number of hydrogen-bond acceptors (Lipinski definition) is 4. The van der Waals surface area contributed by atoms with E-state index in [-0.39, 0.29) is 18.2 Å². The van der Waals surface area contributed by atoms with Crippen molar-refractivity contribution in [3.05, 3.63) is 54.6 Å². The van der Waals surface area contributed by atoms with E-state index in [0.717, 1.165) is 50.7 Å². The molecule has 0 radical (unpaired) electrons. The molecular formula is C28H38O4. The van der Waals surface area contributed by atoms with Gasteiger partial charge in [-0.3, -0.25) is 4.79 Å². The lowest BCUT2D eigenvalue weighted by Gasteiger charge is -2.27. The van der Waals surface area contributed by atoms with Gasteiger partial charge in [-0.1, -0.05) is 56.9 Å². The number of hydrogen-bond donors (Lipinski definition) is 0. The predicted octanol–water partition coefficient (Wildman–Crippen LogP) is 6.44. The fraction of sp³-hybridized carbons (Fsp3) is 0.536. The summed E-state index contributed by atoms with van der Waals surface area (Å²) in [5.74, 6) is 6.38. The van der Waals surface area contributed by atoms with E-state index in [1.165, 1.54) is 12.8 Å². The molecule has 0 N–H and O–H groups in total. The second-order valence-electron chi connectivity index (χ2n) is 8.09. The maximum atomic E-state index is 12.8. The molecule has 0 bridgehead atoms. The maximum absolute atomic E-state index is 12.8. The molecule has 2 unspecified atom stereocenters. The van der Waals surface area contributed by atoms with Crippen molar-refractivity contribution in [1.29, 1.82) is 0 Å². The van der Waals surface area contributed by atoms with Crippen molar-refractivity contribution in [3.63, 3.8) is 0 Å². The van der Waals surface area contributed by atoms with Gasteiger partial charge >= 0.3 is 0 Å². The Balaban J connectivity index is 1.98. The highest BCUT2D eigenvalue weighted by molar-refractivity contribution is 6.10. The van der Waals surface area contributed by atoms with Gasteiger partial charge in [0.05, 0.1) is 6.10 Å². The molecule has 2 rings (SSSR count). The number of rotatable bonds is 14. The van der Waals surface area contributed by atoms with E-state index in [1.807, 2.05) is 12.1 Å². The SMILES string of the molecule is C=CCOc1cccc(C(=O)C#CCCC(CCCCC)OC2CCCCO2)c1CC=C. The van der Waals surface area contributed by atoms with Crippen LogP contribution in [-0.2, 0) is 15.9 Å². The van der Waals surface area contributed by atoms with Crippen LogP contribution in [0.2, 0.25) is 0 Å². The summed E-state index contributed by atoms with van der Waals surface area (Å²) in [5, 5.41) is 0. The van der Waals surface area contributed by atoms with E-state index in [2.05, 4.69) is 31.9 Å². The maximum Gasteiger partial charge on any atom is 0.236 e. The third-order valence-electron chi connectivity index (χ3n) is 5.49. The Morgan fingerprint density at radius 2 is 2.12 bits per heavy atom. The highest BCUT2D eigenvalue weighted by atomic mass is 16.7. The first-order valence-electron chi connectivity index (χ1n) is 12.0. The number of carbonyl (C=O) groups is 1. The van der Waals surface area contributed by atoms with E-state index in [1.54, 1.807) is 18.2 Å². The minimum atomic E-state index is -0.190. The molecule has 1 aliphatic rings. The quantitative estimate of drug-likeness (QED) is 0.110. The monoisotopic (exact) mass is 438 g/mol. The predicted molar refractivity (Wildman–Crippen MR) is 130 cm³/mol. The summed E-state index contributed by atoms with van der Waals surface area (Å²) < 4.78 is 17.7. The standard InChI is InChI=1S/C28H38O4/c1-4-7-8-15-23(32-28-20-11-12-22-31-28)16-9-10-18-26(29)24-17-13-19-27(30-21-6-3)25(24)14-5-2/h5-6,13,17,19,23,28H,2-4,7-9,11-12,14-16,20-22H2,1H3. The van der Waals surface area contributed by atoms with Gasteiger partial charge in [-0.2, -0.15) is 0 Å². The molecule has 174 valence electrons. The van der Waals surface area contributed by atoms with E-state index < -0.39 is 0 Å². The molecule has 0 aliphatic carbocycles. The fourth-order valence-corrected chi connectivity index (χ4v) is 3.80. The van der Waals surface area contributed by atoms with Crippen molar-refractivity contribution in [1.82, 2.24) is 0 Å². The molecule has 4 heteroatoms. The summed E-state index contributed by atoms with van der Waals surface area (Å²) >= 11 is 0. The second kappa shape index (κ2) is 15.5. The van der Waals surface area contributed by atoms with Gasteiger partial charge < -0.3 is 14.2 Å². The van der Waals surface area contributed by atoms with Crippen LogP contribution in [0.1, 0.15) is 80.6 Å². The lowest BCUT2D eigenvalue weighted by atomic mass is 9.99. The van der Waals surface area contributed by atoms with Crippen LogP contribution in [0, 0.1) is 11.8 Å². The molecular weight excluding hydrogens is 400 g/mol. The second-order valence-corrected chi connectivity index (χ2v) is 8.09. The Morgan fingerprint density at radius 1 is 1.25 bits per heavy atom. The summed E-state index contributed by atoms with van der Waals surface area (Å²) in [4.78, 5) is 12.8. The topological polar surface area (TPSA) is 44.8 Å². The van der Waals surface area contributed by atoms with E-state index >= 15 is 0 Å². The minimum absolute atomic E-state index is 0.0928. The molecule has 1 heterocycles. The Kier molecular flexibility index (Phi) is 12.5. The molecule has 0 saturated carbocycles. The zero-order chi connectivity index (χ0) is 23.0. The van der Waals surface area contributed by atoms with Gasteiger partial charge in [-0.15, -0.1) is 6.58 Å². The van der Waals surface area contributed by atoms with E-state index in [9.17, 15) is 4.79 Å². The van der Waals surface area contributed by atoms with Crippen LogP contribution < -0.4 is 4.74 Å². The first kappa shape index (κ1) is 25.9. The summed E-state index contributed by atoms with van der Waals surface area (Å²) in [5.41, 5.74) is 1.39. The van der Waals surface area contributed by atoms with Crippen LogP contribution >= 0.6 is 0 Å². The lowest BCUT2D eigenvalue weighted by Crippen LogP contribution is -2.28. The average Bonchev–Trinajstić information content (AvgIpc) is 2.81. The van der Waals surface area contributed by atoms with E-state index in [0.29, 0.717) is 30.8 Å². The van der Waals surface area contributed by atoms with Crippen molar-refractivity contribution in [3.8, 4) is 17.6 Å². The fourth-order valence-electron chi connectivity index (χ4n) is 3.80. The van der Waals surface area contributed by atoms with Crippen LogP contribution in [0.4, 0.5) is 0 Å². The van der Waals surface area contributed by atoms with Gasteiger partial charge in [0.1, 0.15) is 12.4 Å². The first-order valence-corrected chi connectivity index (χ1v) is 12.0. The smallest absolute Gasteiger partial charge is 0.236 e. The van der Waals surface area contributed by atoms with Crippen molar-refractivity contribution < 1.29 is 19.0 Å². The van der Waals surface area contributed by atoms with Crippen LogP contribution in [0.25, 0.3) is 0 Å². The summed E-state index contributed by atoms with van der Waals surface area (Å²) in [6, 6.07) is 5.48. The largest absolute Gasteiger partial charge is 0.489 e. The van der Waals surface area contributed by atoms with Gasteiger partial charge in [-0.05, 0) is 56.6 Å². The number of Topliss-reactive ketones (excluding diaryl/α,β-unsaturated/α-hetero) is 1. The van der Waals surface area contributed by atoms with Gasteiger partial charge in [-0.25, -0.2) is 0 Å². The Hall–Kier alpha value is -2.35. The van der Waals surface area contributed by atoms with Crippen molar-refractivity contribution in [2.75, 3.05) is 13.2 Å². The molecule has 1 aromatic carbocycles. The zero-order valence-corrected chi connectivity index (χ0v) is 19.6. The highest BCUT2D eigenvalue weighted by Gasteiger charge is 2.19. The Morgan fingerprint density at radius 3 is 2.84 bits per heavy atom. The molecule has 0 spiro atoms. The van der Waals surface area contributed by atoms with Gasteiger partial charge in [0.15, 0.2) is 6.29 Å². The number of benzene rings is 1. The number of ketones is 1. The van der Waals surface area contributed by atoms with Crippen molar-refractivity contribution in [2.45, 2.75) is 83.5 Å². The highest BCUT2D eigenvalue weighted by Crippen LogP contribution is 2.24. The minimum Gasteiger partial charge on any atom is -0.489 e. The summed E-state index contributed by atoms with van der Waals surface area (Å²) in [6.45, 7) is 10.9. The van der Waals surface area contributed by atoms with Crippen LogP contribution in [0.3, 0.4) is 0 Å². The Bertz CT molecular complexity index is 780. The van der Waals surface area contributed by atoms with Crippen molar-refractivity contribution in [2.24, 2.45) is 0 Å². The molecule has 1 fully saturated rings. The normalized spacial score (nSPS) is 16.5. The van der Waals surface area contributed by atoms with Crippen LogP contribution in [0.5, 0.6) is 5.75 Å². The first-order chi connectivity index (χ1) is 15.7. The molecule has 32 heavy (non-hydrogen) atoms. The summed E-state index contributed by atoms with van der Waals surface area (Å²) in [7, 11) is 0. The molecule has 0 amide bonds. The number of unbranched alkanes of at least 4 members (excludes halogenated alkanes) is 2. The molecule has 0 aromatic heterocycles. The summed E-state index contributed by atoms with van der Waals surface area (Å²) in [6.07, 6.45) is 13.2. The Labute approximate surface area is 194 Å². The van der Waals surface area contributed by atoms with Crippen LogP contribution in [0.15, 0.2) is 43.5 Å². The average molecular weight is 439 g/mol. The number of allylic oxidation sites excluding steroid dienone is 1. The molecule has 4 nitrogen and oxygen atoms in total. The van der Waals surface area contributed by atoms with Gasteiger partial charge in [0, 0.05) is 24.2 Å². The lowest BCUT2D eigenvalue weighted by molar-refractivity contribution is -0.190. The van der Waals surface area contributed by atoms with Crippen LogP contribution in [-0.4, -0.2) is 31.4 Å². The third kappa shape index (κ3) is 9.02. The van der Waals surface area contributed by atoms with Gasteiger partial charge in [0.2, 0.25) is 5.78 Å². The number of ether oxygens (including phenoxy) is 3. The molecule has 1 aromatic rings. The van der Waals surface area contributed by atoms with Gasteiger partial charge in [0.25, 0.3) is 0 Å². The van der Waals surface area contributed by atoms with E-state index in [4.69, 9.17) is 14.2 Å². The number of carbonyl (C=O) groups excluding carboxylic acids is 1. The zero-order valence-electron chi connectivity index (χ0n) is 19.6. The molecule has 1 aliphatic heterocycles. The molecule has 2 atom stereocenters.